The van der Waals surface area contributed by atoms with Crippen LogP contribution in [0.5, 0.6) is 5.75 Å². The van der Waals surface area contributed by atoms with Crippen LogP contribution in [0.15, 0.2) is 43.4 Å². The predicted octanol–water partition coefficient (Wildman–Crippen LogP) is 2.88. The normalized spacial score (nSPS) is 19.4. The highest BCUT2D eigenvalue weighted by atomic mass is 19.3. The highest BCUT2D eigenvalue weighted by molar-refractivity contribution is 5.89. The van der Waals surface area contributed by atoms with Crippen LogP contribution in [0.25, 0.3) is 11.0 Å². The van der Waals surface area contributed by atoms with Crippen LogP contribution >= 0.6 is 0 Å². The largest absolute Gasteiger partial charge is 0.433 e. The zero-order valence-corrected chi connectivity index (χ0v) is 17.2. The minimum Gasteiger partial charge on any atom is -0.433 e. The van der Waals surface area contributed by atoms with Gasteiger partial charge in [-0.2, -0.15) is 8.78 Å². The van der Waals surface area contributed by atoms with E-state index in [1.165, 1.54) is 12.4 Å². The van der Waals surface area contributed by atoms with Gasteiger partial charge in [0, 0.05) is 19.2 Å². The van der Waals surface area contributed by atoms with Crippen LogP contribution in [0.3, 0.4) is 0 Å². The summed E-state index contributed by atoms with van der Waals surface area (Å²) in [7, 11) is 0. The third-order valence-corrected chi connectivity index (χ3v) is 5.74. The second-order valence-corrected chi connectivity index (χ2v) is 7.65. The minimum absolute atomic E-state index is 0.0759. The minimum atomic E-state index is -3.08. The van der Waals surface area contributed by atoms with Gasteiger partial charge < -0.3 is 19.9 Å². The number of hydrogen-bond donors (Lipinski definition) is 1. The van der Waals surface area contributed by atoms with Gasteiger partial charge in [0.2, 0.25) is 5.91 Å². The van der Waals surface area contributed by atoms with E-state index < -0.39 is 18.2 Å². The van der Waals surface area contributed by atoms with Crippen molar-refractivity contribution < 1.29 is 22.7 Å². The lowest BCUT2D eigenvalue weighted by Gasteiger charge is -2.34. The molecule has 5 rings (SSSR count). The van der Waals surface area contributed by atoms with Crippen LogP contribution in [-0.4, -0.2) is 62.5 Å². The van der Waals surface area contributed by atoms with E-state index in [2.05, 4.69) is 41.5 Å². The summed E-state index contributed by atoms with van der Waals surface area (Å²) in [6, 6.07) is 4.66. The Balaban J connectivity index is 1.41. The number of piperazine rings is 1. The molecule has 5 heterocycles. The van der Waals surface area contributed by atoms with Gasteiger partial charge in [0.1, 0.15) is 23.4 Å². The number of ether oxygens (including phenoxy) is 1. The summed E-state index contributed by atoms with van der Waals surface area (Å²) in [5.74, 6) is -0.680. The highest BCUT2D eigenvalue weighted by Crippen LogP contribution is 2.35. The Hall–Kier alpha value is -3.96. The molecular weight excluding hydrogens is 439 g/mol. The molecule has 1 N–H and O–H groups in total. The number of carbonyl (C=O) groups is 1. The molecular formula is C21H18F3N7O2. The lowest BCUT2D eigenvalue weighted by Crippen LogP contribution is -2.48. The first-order valence-corrected chi connectivity index (χ1v) is 10.1. The maximum absolute atomic E-state index is 14.4. The fourth-order valence-electron chi connectivity index (χ4n) is 4.31. The van der Waals surface area contributed by atoms with Gasteiger partial charge in [-0.25, -0.2) is 24.3 Å². The summed E-state index contributed by atoms with van der Waals surface area (Å²) in [6.07, 6.45) is 4.46. The number of likely N-dealkylation sites (tertiary alicyclic amines) is 1. The van der Waals surface area contributed by atoms with Crippen molar-refractivity contribution in [1.29, 1.82) is 0 Å². The van der Waals surface area contributed by atoms with Crippen molar-refractivity contribution in [3.63, 3.8) is 0 Å². The molecule has 33 heavy (non-hydrogen) atoms. The van der Waals surface area contributed by atoms with Crippen LogP contribution in [0.4, 0.5) is 30.6 Å². The number of amides is 1. The van der Waals surface area contributed by atoms with Crippen molar-refractivity contribution in [2.45, 2.75) is 25.1 Å². The van der Waals surface area contributed by atoms with E-state index in [9.17, 15) is 18.0 Å². The summed E-state index contributed by atoms with van der Waals surface area (Å²) in [5, 5.41) is 2.75. The third-order valence-electron chi connectivity index (χ3n) is 5.74. The average Bonchev–Trinajstić information content (AvgIpc) is 3.41. The molecule has 0 radical (unpaired) electrons. The average molecular weight is 457 g/mol. The van der Waals surface area contributed by atoms with Crippen molar-refractivity contribution in [2.24, 2.45) is 0 Å². The molecule has 2 fully saturated rings. The highest BCUT2D eigenvalue weighted by Gasteiger charge is 2.45. The molecule has 2 saturated heterocycles. The van der Waals surface area contributed by atoms with Crippen LogP contribution in [0.1, 0.15) is 6.42 Å². The molecule has 170 valence electrons. The van der Waals surface area contributed by atoms with E-state index >= 15 is 0 Å². The molecule has 3 aromatic heterocycles. The first-order valence-electron chi connectivity index (χ1n) is 10.1. The van der Waals surface area contributed by atoms with E-state index in [1.54, 1.807) is 6.07 Å². The molecule has 0 saturated carbocycles. The number of nitrogens with one attached hydrogen (secondary N) is 1. The van der Waals surface area contributed by atoms with Crippen molar-refractivity contribution in [2.75, 3.05) is 23.3 Å². The van der Waals surface area contributed by atoms with Crippen LogP contribution in [0, 0.1) is 5.82 Å². The topological polar surface area (TPSA) is 96.4 Å². The molecule has 2 atom stereocenters. The molecule has 9 nitrogen and oxygen atoms in total. The Morgan fingerprint density at radius 2 is 2.06 bits per heavy atom. The Kier molecular flexibility index (Phi) is 5.19. The third kappa shape index (κ3) is 3.88. The van der Waals surface area contributed by atoms with E-state index in [1.807, 2.05) is 11.0 Å². The van der Waals surface area contributed by atoms with Crippen molar-refractivity contribution in [3.8, 4) is 5.75 Å². The molecule has 2 aliphatic heterocycles. The summed E-state index contributed by atoms with van der Waals surface area (Å²) in [6.45, 7) is 1.71. The molecule has 12 heteroatoms. The number of alkyl halides is 2. The van der Waals surface area contributed by atoms with E-state index in [4.69, 9.17) is 0 Å². The van der Waals surface area contributed by atoms with Gasteiger partial charge >= 0.3 is 6.61 Å². The maximum atomic E-state index is 14.4. The van der Waals surface area contributed by atoms with Gasteiger partial charge in [-0.05, 0) is 24.6 Å². The molecule has 2 aliphatic rings. The first-order chi connectivity index (χ1) is 15.9. The summed E-state index contributed by atoms with van der Waals surface area (Å²) < 4.78 is 43.2. The fraction of sp³-hybridized carbons (Fsp3) is 0.286. The molecule has 0 aliphatic carbocycles. The SMILES string of the molecule is C=CC(=O)N1C[C@@H]2C[C@H]1CN2c1ccc2ncnc(Nc3ncc(OC(F)F)cc3F)c2n1. The molecule has 2 bridgehead atoms. The monoisotopic (exact) mass is 457 g/mol. The Morgan fingerprint density at radius 1 is 1.21 bits per heavy atom. The first kappa shape index (κ1) is 20.9. The smallest absolute Gasteiger partial charge is 0.387 e. The Morgan fingerprint density at radius 3 is 2.76 bits per heavy atom. The number of hydrogen-bond acceptors (Lipinski definition) is 8. The van der Waals surface area contributed by atoms with Crippen LogP contribution in [-0.2, 0) is 4.79 Å². The lowest BCUT2D eigenvalue weighted by atomic mass is 10.2. The van der Waals surface area contributed by atoms with Gasteiger partial charge in [0.05, 0.1) is 23.8 Å². The summed E-state index contributed by atoms with van der Waals surface area (Å²) in [5.41, 5.74) is 0.924. The van der Waals surface area contributed by atoms with Crippen LogP contribution in [0.2, 0.25) is 0 Å². The number of pyridine rings is 2. The molecule has 0 aromatic carbocycles. The van der Waals surface area contributed by atoms with Crippen molar-refractivity contribution >= 4 is 34.4 Å². The number of aromatic nitrogens is 4. The van der Waals surface area contributed by atoms with Gasteiger partial charge in [0.25, 0.3) is 0 Å². The fourth-order valence-corrected chi connectivity index (χ4v) is 4.31. The number of anilines is 3. The summed E-state index contributed by atoms with van der Waals surface area (Å²) >= 11 is 0. The number of nitrogens with zero attached hydrogens (tertiary/aromatic N) is 6. The van der Waals surface area contributed by atoms with Crippen LogP contribution < -0.4 is 15.0 Å². The number of halogens is 3. The molecule has 0 unspecified atom stereocenters. The molecule has 1 amide bonds. The lowest BCUT2D eigenvalue weighted by molar-refractivity contribution is -0.127. The molecule has 0 spiro atoms. The van der Waals surface area contributed by atoms with E-state index in [-0.39, 0.29) is 29.6 Å². The van der Waals surface area contributed by atoms with Crippen molar-refractivity contribution in [1.82, 2.24) is 24.8 Å². The van der Waals surface area contributed by atoms with E-state index in [0.29, 0.717) is 29.9 Å². The predicted molar refractivity (Wildman–Crippen MR) is 113 cm³/mol. The van der Waals surface area contributed by atoms with E-state index in [0.717, 1.165) is 18.7 Å². The van der Waals surface area contributed by atoms with Gasteiger partial charge in [-0.3, -0.25) is 4.79 Å². The van der Waals surface area contributed by atoms with Gasteiger partial charge in [-0.15, -0.1) is 0 Å². The maximum Gasteiger partial charge on any atom is 0.387 e. The Bertz CT molecular complexity index is 1240. The molecule has 3 aromatic rings. The quantitative estimate of drug-likeness (QED) is 0.565. The number of fused-ring (bicyclic) bond motifs is 3. The number of rotatable bonds is 6. The number of carbonyl (C=O) groups excluding carboxylic acids is 1. The Labute approximate surface area is 185 Å². The second kappa shape index (κ2) is 8.19. The van der Waals surface area contributed by atoms with Crippen molar-refractivity contribution in [3.05, 3.63) is 49.2 Å². The second-order valence-electron chi connectivity index (χ2n) is 7.65. The standard InChI is InChI=1S/C21H18F3N7O2/c1-2-17(32)31-9-11-5-12(31)8-30(11)16-4-3-15-18(28-16)20(27-10-26-15)29-19-14(22)6-13(7-25-19)33-21(23)24/h2-4,6-7,10-12,21H,1,5,8-9H2,(H,25,26,27,29)/t11-,12-/m0/s1. The van der Waals surface area contributed by atoms with Gasteiger partial charge in [-0.1, -0.05) is 6.58 Å². The zero-order chi connectivity index (χ0) is 23.1. The zero-order valence-electron chi connectivity index (χ0n) is 17.2. The summed E-state index contributed by atoms with van der Waals surface area (Å²) in [4.78, 5) is 32.8. The van der Waals surface area contributed by atoms with Gasteiger partial charge in [0.15, 0.2) is 17.5 Å².